The first kappa shape index (κ1) is 14.5. The second kappa shape index (κ2) is 5.11. The Labute approximate surface area is 126 Å². The molecule has 2 atom stereocenters. The smallest absolute Gasteiger partial charge is 0.115 e. The van der Waals surface area contributed by atoms with E-state index < -0.39 is 0 Å². The van der Waals surface area contributed by atoms with E-state index in [1.54, 1.807) is 0 Å². The van der Waals surface area contributed by atoms with Crippen LogP contribution in [0.3, 0.4) is 0 Å². The van der Waals surface area contributed by atoms with Crippen LogP contribution in [0.2, 0.25) is 0 Å². The van der Waals surface area contributed by atoms with Crippen LogP contribution in [0, 0.1) is 0 Å². The van der Waals surface area contributed by atoms with Crippen molar-refractivity contribution in [3.05, 3.63) is 29.6 Å². The van der Waals surface area contributed by atoms with E-state index in [1.165, 1.54) is 5.52 Å². The second-order valence-electron chi connectivity index (χ2n) is 7.08. The highest BCUT2D eigenvalue weighted by atomic mass is 16.5. The molecule has 114 valence electrons. The quantitative estimate of drug-likeness (QED) is 0.923. The monoisotopic (exact) mass is 287 g/mol. The van der Waals surface area contributed by atoms with Gasteiger partial charge in [0.05, 0.1) is 23.7 Å². The second-order valence-corrected chi connectivity index (χ2v) is 7.08. The fraction of sp³-hybridized carbons (Fsp3) is 0.588. The molecule has 1 fully saturated rings. The van der Waals surface area contributed by atoms with Crippen LogP contribution in [0.4, 0.5) is 0 Å². The molecule has 1 saturated heterocycles. The van der Waals surface area contributed by atoms with Gasteiger partial charge in [-0.05, 0) is 51.8 Å². The third-order valence-corrected chi connectivity index (χ3v) is 4.21. The fourth-order valence-electron chi connectivity index (χ4n) is 3.25. The van der Waals surface area contributed by atoms with E-state index in [4.69, 9.17) is 15.5 Å². The van der Waals surface area contributed by atoms with Crippen molar-refractivity contribution >= 4 is 11.0 Å². The number of fused-ring (bicyclic) bond motifs is 1. The molecule has 0 aliphatic carbocycles. The van der Waals surface area contributed by atoms with Crippen LogP contribution in [0.15, 0.2) is 18.2 Å². The topological polar surface area (TPSA) is 53.1 Å². The van der Waals surface area contributed by atoms with Gasteiger partial charge in [0, 0.05) is 18.0 Å². The molecule has 0 radical (unpaired) electrons. The summed E-state index contributed by atoms with van der Waals surface area (Å²) < 4.78 is 8.12. The summed E-state index contributed by atoms with van der Waals surface area (Å²) in [7, 11) is 0. The minimum atomic E-state index is 0.000142. The van der Waals surface area contributed by atoms with Gasteiger partial charge < -0.3 is 15.0 Å². The van der Waals surface area contributed by atoms with E-state index in [1.807, 2.05) is 0 Å². The van der Waals surface area contributed by atoms with Crippen LogP contribution in [0.5, 0.6) is 0 Å². The number of hydrogen-bond acceptors (Lipinski definition) is 3. The molecular formula is C17H25N3O. The predicted octanol–water partition coefficient (Wildman–Crippen LogP) is 3.14. The summed E-state index contributed by atoms with van der Waals surface area (Å²) >= 11 is 0. The van der Waals surface area contributed by atoms with E-state index in [0.29, 0.717) is 18.6 Å². The van der Waals surface area contributed by atoms with Crippen molar-refractivity contribution in [2.75, 3.05) is 6.61 Å². The van der Waals surface area contributed by atoms with E-state index >= 15 is 0 Å². The van der Waals surface area contributed by atoms with Crippen LogP contribution in [-0.2, 0) is 16.8 Å². The van der Waals surface area contributed by atoms with Crippen LogP contribution >= 0.6 is 0 Å². The highest BCUT2D eigenvalue weighted by Crippen LogP contribution is 2.34. The van der Waals surface area contributed by atoms with Crippen LogP contribution in [-0.4, -0.2) is 22.3 Å². The first-order valence-corrected chi connectivity index (χ1v) is 7.73. The van der Waals surface area contributed by atoms with Gasteiger partial charge in [-0.1, -0.05) is 6.07 Å². The third kappa shape index (κ3) is 2.58. The summed E-state index contributed by atoms with van der Waals surface area (Å²) in [5, 5.41) is 0. The first-order chi connectivity index (χ1) is 9.90. The Balaban J connectivity index is 2.17. The van der Waals surface area contributed by atoms with Gasteiger partial charge in [0.25, 0.3) is 0 Å². The maximum atomic E-state index is 5.76. The maximum Gasteiger partial charge on any atom is 0.115 e. The van der Waals surface area contributed by atoms with Gasteiger partial charge in [0.1, 0.15) is 5.82 Å². The Morgan fingerprint density at radius 2 is 2.14 bits per heavy atom. The van der Waals surface area contributed by atoms with Crippen LogP contribution in [0.1, 0.15) is 51.4 Å². The molecule has 2 heterocycles. The van der Waals surface area contributed by atoms with Crippen molar-refractivity contribution in [3.8, 4) is 0 Å². The zero-order chi connectivity index (χ0) is 15.2. The molecule has 2 unspecified atom stereocenters. The Morgan fingerprint density at radius 1 is 1.38 bits per heavy atom. The SMILES string of the molecule is CC1CC(c2nc3cc(CN)ccc3n2C(C)(C)C)CO1. The minimum Gasteiger partial charge on any atom is -0.378 e. The number of nitrogens with two attached hydrogens (primary N) is 1. The lowest BCUT2D eigenvalue weighted by Crippen LogP contribution is -2.25. The number of hydrogen-bond donors (Lipinski definition) is 1. The number of imidazole rings is 1. The predicted molar refractivity (Wildman–Crippen MR) is 85.4 cm³/mol. The van der Waals surface area contributed by atoms with Crippen molar-refractivity contribution in [1.29, 1.82) is 0 Å². The molecule has 2 N–H and O–H groups in total. The van der Waals surface area contributed by atoms with Gasteiger partial charge in [-0.15, -0.1) is 0 Å². The van der Waals surface area contributed by atoms with Crippen molar-refractivity contribution in [2.45, 2.75) is 58.2 Å². The number of nitrogens with zero attached hydrogens (tertiary/aromatic N) is 2. The summed E-state index contributed by atoms with van der Waals surface area (Å²) in [6.07, 6.45) is 1.37. The molecule has 0 saturated carbocycles. The minimum absolute atomic E-state index is 0.000142. The van der Waals surface area contributed by atoms with Crippen molar-refractivity contribution in [2.24, 2.45) is 5.73 Å². The molecule has 1 aromatic carbocycles. The lowest BCUT2D eigenvalue weighted by molar-refractivity contribution is 0.123. The van der Waals surface area contributed by atoms with Crippen molar-refractivity contribution < 1.29 is 4.74 Å². The molecule has 4 heteroatoms. The van der Waals surface area contributed by atoms with Gasteiger partial charge in [-0.3, -0.25) is 0 Å². The molecule has 21 heavy (non-hydrogen) atoms. The molecule has 0 bridgehead atoms. The molecule has 1 aliphatic heterocycles. The Kier molecular flexibility index (Phi) is 3.54. The average Bonchev–Trinajstić information content (AvgIpc) is 3.00. The lowest BCUT2D eigenvalue weighted by Gasteiger charge is -2.26. The van der Waals surface area contributed by atoms with Crippen LogP contribution < -0.4 is 5.73 Å². The highest BCUT2D eigenvalue weighted by molar-refractivity contribution is 5.77. The summed E-state index contributed by atoms with van der Waals surface area (Å²) in [6.45, 7) is 10.1. The largest absolute Gasteiger partial charge is 0.378 e. The zero-order valence-corrected chi connectivity index (χ0v) is 13.4. The molecule has 0 amide bonds. The van der Waals surface area contributed by atoms with Gasteiger partial charge >= 0.3 is 0 Å². The van der Waals surface area contributed by atoms with Crippen LogP contribution in [0.25, 0.3) is 11.0 Å². The number of rotatable bonds is 2. The zero-order valence-electron chi connectivity index (χ0n) is 13.4. The van der Waals surface area contributed by atoms with E-state index in [0.717, 1.165) is 29.9 Å². The van der Waals surface area contributed by atoms with Gasteiger partial charge in [0.15, 0.2) is 0 Å². The van der Waals surface area contributed by atoms with E-state index in [-0.39, 0.29) is 5.54 Å². The molecule has 3 rings (SSSR count). The van der Waals surface area contributed by atoms with E-state index in [9.17, 15) is 0 Å². The summed E-state index contributed by atoms with van der Waals surface area (Å²) in [6, 6.07) is 6.36. The lowest BCUT2D eigenvalue weighted by atomic mass is 10.0. The number of benzene rings is 1. The standard InChI is InChI=1S/C17H25N3O/c1-11-7-13(10-21-11)16-19-14-8-12(9-18)5-6-15(14)20(16)17(2,3)4/h5-6,8,11,13H,7,9-10,18H2,1-4H3. The molecule has 1 aromatic heterocycles. The third-order valence-electron chi connectivity index (χ3n) is 4.21. The van der Waals surface area contributed by atoms with Gasteiger partial charge in [-0.25, -0.2) is 4.98 Å². The van der Waals surface area contributed by atoms with Crippen molar-refractivity contribution in [1.82, 2.24) is 9.55 Å². The summed E-state index contributed by atoms with van der Waals surface area (Å²) in [4.78, 5) is 4.93. The average molecular weight is 287 g/mol. The maximum absolute atomic E-state index is 5.76. The first-order valence-electron chi connectivity index (χ1n) is 7.73. The highest BCUT2D eigenvalue weighted by Gasteiger charge is 2.31. The molecule has 0 spiro atoms. The Morgan fingerprint density at radius 3 is 2.71 bits per heavy atom. The summed E-state index contributed by atoms with van der Waals surface area (Å²) in [5.74, 6) is 1.53. The normalized spacial score (nSPS) is 23.1. The molecular weight excluding hydrogens is 262 g/mol. The molecule has 4 nitrogen and oxygen atoms in total. The molecule has 2 aromatic rings. The van der Waals surface area contributed by atoms with Gasteiger partial charge in [-0.2, -0.15) is 0 Å². The molecule has 1 aliphatic rings. The Bertz CT molecular complexity index is 654. The van der Waals surface area contributed by atoms with Gasteiger partial charge in [0.2, 0.25) is 0 Å². The number of aromatic nitrogens is 2. The fourth-order valence-corrected chi connectivity index (χ4v) is 3.25. The van der Waals surface area contributed by atoms with E-state index in [2.05, 4.69) is 50.5 Å². The summed E-state index contributed by atoms with van der Waals surface area (Å²) in [5.41, 5.74) is 9.12. The number of ether oxygens (including phenoxy) is 1. The Hall–Kier alpha value is -1.39. The van der Waals surface area contributed by atoms with Crippen molar-refractivity contribution in [3.63, 3.8) is 0 Å².